The van der Waals surface area contributed by atoms with Crippen molar-refractivity contribution < 1.29 is 18.3 Å². The molecular formula is C23H20O5. The molecule has 2 aromatic heterocycles. The quantitative estimate of drug-likeness (QED) is 0.437. The van der Waals surface area contributed by atoms with Gasteiger partial charge in [0.25, 0.3) is 0 Å². The van der Waals surface area contributed by atoms with Gasteiger partial charge in [0.15, 0.2) is 5.76 Å². The lowest BCUT2D eigenvalue weighted by molar-refractivity contribution is 0.214. The third-order valence-corrected chi connectivity index (χ3v) is 4.37. The maximum absolute atomic E-state index is 13.0. The van der Waals surface area contributed by atoms with Gasteiger partial charge in [-0.2, -0.15) is 0 Å². The third kappa shape index (κ3) is 3.64. The minimum atomic E-state index is -0.233. The maximum atomic E-state index is 13.0. The Balaban J connectivity index is 1.60. The summed E-state index contributed by atoms with van der Waals surface area (Å²) in [5.41, 5.74) is 2.43. The number of benzene rings is 2. The van der Waals surface area contributed by atoms with Gasteiger partial charge in [0.2, 0.25) is 16.9 Å². The van der Waals surface area contributed by atoms with Crippen molar-refractivity contribution in [2.45, 2.75) is 13.8 Å². The van der Waals surface area contributed by atoms with E-state index in [1.54, 1.807) is 18.2 Å². The zero-order valence-electron chi connectivity index (χ0n) is 15.7. The Labute approximate surface area is 162 Å². The average Bonchev–Trinajstić information content (AvgIpc) is 3.22. The molecule has 142 valence electrons. The van der Waals surface area contributed by atoms with Crippen LogP contribution in [0.3, 0.4) is 0 Å². The Morgan fingerprint density at radius 1 is 0.893 bits per heavy atom. The van der Waals surface area contributed by atoms with E-state index in [0.29, 0.717) is 23.3 Å². The molecule has 0 unspecified atom stereocenters. The van der Waals surface area contributed by atoms with Crippen molar-refractivity contribution in [2.24, 2.45) is 0 Å². The molecule has 0 atom stereocenters. The zero-order chi connectivity index (χ0) is 19.5. The predicted molar refractivity (Wildman–Crippen MR) is 107 cm³/mol. The van der Waals surface area contributed by atoms with Crippen LogP contribution in [0.5, 0.6) is 11.5 Å². The number of furan rings is 1. The fourth-order valence-corrected chi connectivity index (χ4v) is 2.92. The molecule has 0 fully saturated rings. The molecule has 2 aromatic carbocycles. The molecule has 0 N–H and O–H groups in total. The highest BCUT2D eigenvalue weighted by Crippen LogP contribution is 2.31. The van der Waals surface area contributed by atoms with E-state index in [0.717, 1.165) is 16.9 Å². The second kappa shape index (κ2) is 7.64. The van der Waals surface area contributed by atoms with Crippen LogP contribution in [0.2, 0.25) is 0 Å². The number of fused-ring (bicyclic) bond motifs is 1. The van der Waals surface area contributed by atoms with Gasteiger partial charge in [-0.05, 0) is 55.8 Å². The van der Waals surface area contributed by atoms with E-state index in [9.17, 15) is 4.79 Å². The summed E-state index contributed by atoms with van der Waals surface area (Å²) in [6, 6.07) is 16.7. The number of hydrogen-bond donors (Lipinski definition) is 0. The number of hydrogen-bond acceptors (Lipinski definition) is 5. The van der Waals surface area contributed by atoms with Gasteiger partial charge < -0.3 is 18.3 Å². The molecule has 0 amide bonds. The first-order valence-electron chi connectivity index (χ1n) is 9.05. The third-order valence-electron chi connectivity index (χ3n) is 4.37. The van der Waals surface area contributed by atoms with E-state index in [-0.39, 0.29) is 23.5 Å². The van der Waals surface area contributed by atoms with Crippen LogP contribution < -0.4 is 14.9 Å². The summed E-state index contributed by atoms with van der Waals surface area (Å²) in [5.74, 6) is 1.60. The van der Waals surface area contributed by atoms with Crippen LogP contribution in [0.1, 0.15) is 11.1 Å². The normalized spacial score (nSPS) is 10.9. The van der Waals surface area contributed by atoms with Crippen LogP contribution in [0.25, 0.3) is 22.5 Å². The summed E-state index contributed by atoms with van der Waals surface area (Å²) in [4.78, 5) is 13.0. The fourth-order valence-electron chi connectivity index (χ4n) is 2.92. The molecule has 0 aliphatic rings. The van der Waals surface area contributed by atoms with E-state index < -0.39 is 0 Å². The maximum Gasteiger partial charge on any atom is 0.235 e. The lowest BCUT2D eigenvalue weighted by Crippen LogP contribution is -2.15. The Kier molecular flexibility index (Phi) is 4.89. The fraction of sp³-hybridized carbons (Fsp3) is 0.174. The highest BCUT2D eigenvalue weighted by atomic mass is 16.5. The summed E-state index contributed by atoms with van der Waals surface area (Å²) in [7, 11) is 0. The Bertz CT molecular complexity index is 1140. The van der Waals surface area contributed by atoms with Crippen LogP contribution in [0.4, 0.5) is 0 Å². The van der Waals surface area contributed by atoms with Crippen molar-refractivity contribution in [1.82, 2.24) is 0 Å². The Morgan fingerprint density at radius 2 is 1.64 bits per heavy atom. The summed E-state index contributed by atoms with van der Waals surface area (Å²) in [6.07, 6.45) is 1.53. The second-order valence-electron chi connectivity index (χ2n) is 6.58. The monoisotopic (exact) mass is 376 g/mol. The highest BCUT2D eigenvalue weighted by molar-refractivity contribution is 5.81. The Morgan fingerprint density at radius 3 is 2.39 bits per heavy atom. The van der Waals surface area contributed by atoms with E-state index in [1.165, 1.54) is 6.26 Å². The highest BCUT2D eigenvalue weighted by Gasteiger charge is 2.19. The molecule has 28 heavy (non-hydrogen) atoms. The van der Waals surface area contributed by atoms with E-state index in [4.69, 9.17) is 18.3 Å². The topological polar surface area (TPSA) is 61.8 Å². The van der Waals surface area contributed by atoms with Gasteiger partial charge in [-0.3, -0.25) is 4.79 Å². The lowest BCUT2D eigenvalue weighted by atomic mass is 10.1. The first-order chi connectivity index (χ1) is 13.6. The first kappa shape index (κ1) is 17.9. The molecule has 4 aromatic rings. The van der Waals surface area contributed by atoms with Crippen molar-refractivity contribution in [3.8, 4) is 23.0 Å². The lowest BCUT2D eigenvalue weighted by Gasteiger charge is -2.11. The van der Waals surface area contributed by atoms with Crippen molar-refractivity contribution in [1.29, 1.82) is 0 Å². The average molecular weight is 376 g/mol. The molecule has 0 aliphatic heterocycles. The molecule has 5 heteroatoms. The van der Waals surface area contributed by atoms with Gasteiger partial charge in [0, 0.05) is 0 Å². The largest absolute Gasteiger partial charge is 0.490 e. The van der Waals surface area contributed by atoms with Gasteiger partial charge in [0.05, 0.1) is 11.6 Å². The van der Waals surface area contributed by atoms with Crippen molar-refractivity contribution in [2.75, 3.05) is 13.2 Å². The smallest absolute Gasteiger partial charge is 0.235 e. The Hall–Kier alpha value is -3.47. The standard InChI is InChI=1S/C23H20O5/c1-15-5-8-17(9-6-15)25-12-13-27-23-21(24)18-10-7-16(2)14-20(18)28-22(23)19-4-3-11-26-19/h3-11,14H,12-13H2,1-2H3. The van der Waals surface area contributed by atoms with Crippen LogP contribution >= 0.6 is 0 Å². The van der Waals surface area contributed by atoms with Crippen LogP contribution in [-0.2, 0) is 0 Å². The minimum absolute atomic E-state index is 0.124. The number of aryl methyl sites for hydroxylation is 2. The van der Waals surface area contributed by atoms with Crippen molar-refractivity contribution in [3.63, 3.8) is 0 Å². The molecule has 0 spiro atoms. The molecule has 0 radical (unpaired) electrons. The van der Waals surface area contributed by atoms with Crippen LogP contribution in [-0.4, -0.2) is 13.2 Å². The van der Waals surface area contributed by atoms with E-state index >= 15 is 0 Å². The minimum Gasteiger partial charge on any atom is -0.490 e. The SMILES string of the molecule is Cc1ccc(OCCOc2c(-c3ccco3)oc3cc(C)ccc3c2=O)cc1. The summed E-state index contributed by atoms with van der Waals surface area (Å²) >= 11 is 0. The van der Waals surface area contributed by atoms with Gasteiger partial charge in [-0.25, -0.2) is 0 Å². The van der Waals surface area contributed by atoms with Gasteiger partial charge in [-0.1, -0.05) is 23.8 Å². The predicted octanol–water partition coefficient (Wildman–Crippen LogP) is 5.13. The van der Waals surface area contributed by atoms with Gasteiger partial charge >= 0.3 is 0 Å². The molecule has 2 heterocycles. The summed E-state index contributed by atoms with van der Waals surface area (Å²) < 4.78 is 22.9. The van der Waals surface area contributed by atoms with Crippen LogP contribution in [0.15, 0.2) is 74.5 Å². The van der Waals surface area contributed by atoms with E-state index in [2.05, 4.69) is 0 Å². The number of rotatable bonds is 6. The number of ether oxygens (including phenoxy) is 2. The van der Waals surface area contributed by atoms with E-state index in [1.807, 2.05) is 50.2 Å². The summed E-state index contributed by atoms with van der Waals surface area (Å²) in [5, 5.41) is 0.468. The molecular weight excluding hydrogens is 356 g/mol. The zero-order valence-corrected chi connectivity index (χ0v) is 15.7. The van der Waals surface area contributed by atoms with Gasteiger partial charge in [-0.15, -0.1) is 0 Å². The summed E-state index contributed by atoms with van der Waals surface area (Å²) in [6.45, 7) is 4.46. The molecule has 0 saturated carbocycles. The molecule has 0 saturated heterocycles. The van der Waals surface area contributed by atoms with Crippen molar-refractivity contribution in [3.05, 3.63) is 82.2 Å². The second-order valence-corrected chi connectivity index (χ2v) is 6.58. The van der Waals surface area contributed by atoms with Gasteiger partial charge in [0.1, 0.15) is 24.5 Å². The first-order valence-corrected chi connectivity index (χ1v) is 9.05. The molecule has 5 nitrogen and oxygen atoms in total. The molecule has 0 aliphatic carbocycles. The van der Waals surface area contributed by atoms with Crippen LogP contribution in [0, 0.1) is 13.8 Å². The molecule has 4 rings (SSSR count). The van der Waals surface area contributed by atoms with Crippen molar-refractivity contribution >= 4 is 11.0 Å². The molecule has 0 bridgehead atoms.